The van der Waals surface area contributed by atoms with Crippen molar-refractivity contribution in [3.63, 3.8) is 0 Å². The van der Waals surface area contributed by atoms with Crippen molar-refractivity contribution >= 4 is 10.9 Å². The average molecular weight is 411 g/mol. The van der Waals surface area contributed by atoms with Crippen LogP contribution in [0.1, 0.15) is 0 Å². The van der Waals surface area contributed by atoms with E-state index in [1.165, 1.54) is 16.5 Å². The third kappa shape index (κ3) is 3.77. The fourth-order valence-electron chi connectivity index (χ4n) is 4.46. The lowest BCUT2D eigenvalue weighted by atomic mass is 9.98. The Morgan fingerprint density at radius 2 is 1.43 bits per heavy atom. The van der Waals surface area contributed by atoms with Crippen LogP contribution in [0.4, 0.5) is 0 Å². The second-order valence-electron chi connectivity index (χ2n) is 7.46. The molecule has 160 valence electrons. The quantitative estimate of drug-likeness (QED) is 0.593. The highest BCUT2D eigenvalue weighted by Gasteiger charge is 2.47. The number of para-hydroxylation sites is 1. The lowest BCUT2D eigenvalue weighted by Crippen LogP contribution is -2.60. The smallest absolute Gasteiger partial charge is 0.186 e. The van der Waals surface area contributed by atoms with Gasteiger partial charge in [0.2, 0.25) is 0 Å². The number of benzene rings is 2. The van der Waals surface area contributed by atoms with E-state index in [4.69, 9.17) is 23.7 Å². The Bertz CT molecular complexity index is 957. The average Bonchev–Trinajstić information content (AvgIpc) is 3.17. The van der Waals surface area contributed by atoms with Crippen molar-refractivity contribution in [2.75, 3.05) is 28.4 Å². The molecule has 0 amide bonds. The molecule has 1 aliphatic rings. The summed E-state index contributed by atoms with van der Waals surface area (Å²) in [5.41, 5.74) is 3.52. The first-order valence-electron chi connectivity index (χ1n) is 10.1. The summed E-state index contributed by atoms with van der Waals surface area (Å²) in [7, 11) is 6.59. The fourth-order valence-corrected chi connectivity index (χ4v) is 4.46. The van der Waals surface area contributed by atoms with Crippen LogP contribution in [-0.2, 0) is 30.2 Å². The van der Waals surface area contributed by atoms with Gasteiger partial charge in [-0.1, -0.05) is 48.5 Å². The SMILES string of the molecule is COC1C(OC)[C@H](OC)C(Cn2cc(-c3ccccc3)c3ccccc32)O[C@@H]1OC. The van der Waals surface area contributed by atoms with E-state index in [2.05, 4.69) is 59.3 Å². The van der Waals surface area contributed by atoms with Gasteiger partial charge in [0.1, 0.15) is 24.4 Å². The summed E-state index contributed by atoms with van der Waals surface area (Å²) in [6.45, 7) is 0.599. The number of hydrogen-bond acceptors (Lipinski definition) is 5. The summed E-state index contributed by atoms with van der Waals surface area (Å²) < 4.78 is 31.2. The van der Waals surface area contributed by atoms with Crippen molar-refractivity contribution in [2.24, 2.45) is 0 Å². The van der Waals surface area contributed by atoms with Crippen LogP contribution in [0.5, 0.6) is 0 Å². The van der Waals surface area contributed by atoms with Crippen LogP contribution in [0.3, 0.4) is 0 Å². The minimum absolute atomic E-state index is 0.268. The summed E-state index contributed by atoms with van der Waals surface area (Å²) in [5, 5.41) is 1.20. The molecule has 3 aromatic rings. The van der Waals surface area contributed by atoms with E-state index in [0.717, 1.165) is 5.52 Å². The first-order chi connectivity index (χ1) is 14.7. The standard InChI is InChI=1S/C24H29NO5/c1-26-21-20(30-24(29-4)23(28-3)22(21)27-2)15-25-14-18(16-10-6-5-7-11-16)17-12-8-9-13-19(17)25/h5-14,20-24H,15H2,1-4H3/t20?,21-,22?,23?,24+/m1/s1. The zero-order valence-corrected chi connectivity index (χ0v) is 17.9. The summed E-state index contributed by atoms with van der Waals surface area (Å²) in [4.78, 5) is 0. The van der Waals surface area contributed by atoms with Gasteiger partial charge in [-0.2, -0.15) is 0 Å². The summed E-state index contributed by atoms with van der Waals surface area (Å²) >= 11 is 0. The number of nitrogens with zero attached hydrogens (tertiary/aromatic N) is 1. The van der Waals surface area contributed by atoms with Crippen molar-refractivity contribution in [2.45, 2.75) is 37.3 Å². The predicted molar refractivity (Wildman–Crippen MR) is 115 cm³/mol. The number of methoxy groups -OCH3 is 4. The van der Waals surface area contributed by atoms with Crippen molar-refractivity contribution < 1.29 is 23.7 Å². The van der Waals surface area contributed by atoms with Crippen molar-refractivity contribution in [3.8, 4) is 11.1 Å². The van der Waals surface area contributed by atoms with Crippen LogP contribution >= 0.6 is 0 Å². The summed E-state index contributed by atoms with van der Waals surface area (Å²) in [6.07, 6.45) is 0.402. The Morgan fingerprint density at radius 1 is 0.767 bits per heavy atom. The van der Waals surface area contributed by atoms with Gasteiger partial charge in [0.15, 0.2) is 6.29 Å². The maximum Gasteiger partial charge on any atom is 0.186 e. The molecule has 0 spiro atoms. The highest BCUT2D eigenvalue weighted by atomic mass is 16.7. The molecule has 0 saturated carbocycles. The zero-order chi connectivity index (χ0) is 21.1. The number of rotatable bonds is 7. The van der Waals surface area contributed by atoms with Gasteiger partial charge in [-0.05, 0) is 11.6 Å². The van der Waals surface area contributed by atoms with Crippen LogP contribution in [0.15, 0.2) is 60.8 Å². The minimum atomic E-state index is -0.535. The largest absolute Gasteiger partial charge is 0.376 e. The van der Waals surface area contributed by atoms with Gasteiger partial charge in [-0.15, -0.1) is 0 Å². The Labute approximate surface area is 177 Å². The van der Waals surface area contributed by atoms with Gasteiger partial charge in [-0.3, -0.25) is 0 Å². The van der Waals surface area contributed by atoms with E-state index in [1.54, 1.807) is 28.4 Å². The van der Waals surface area contributed by atoms with Gasteiger partial charge >= 0.3 is 0 Å². The van der Waals surface area contributed by atoms with Gasteiger partial charge in [0, 0.05) is 51.1 Å². The number of aromatic nitrogens is 1. The van der Waals surface area contributed by atoms with Crippen LogP contribution in [-0.4, -0.2) is 63.7 Å². The van der Waals surface area contributed by atoms with Gasteiger partial charge in [-0.25, -0.2) is 0 Å². The third-order valence-electron chi connectivity index (χ3n) is 5.89. The lowest BCUT2D eigenvalue weighted by molar-refractivity contribution is -0.304. The fraction of sp³-hybridized carbons (Fsp3) is 0.417. The highest BCUT2D eigenvalue weighted by molar-refractivity contribution is 5.96. The maximum absolute atomic E-state index is 6.27. The molecule has 2 heterocycles. The van der Waals surface area contributed by atoms with E-state index in [0.29, 0.717) is 6.54 Å². The first-order valence-corrected chi connectivity index (χ1v) is 10.1. The third-order valence-corrected chi connectivity index (χ3v) is 5.89. The number of fused-ring (bicyclic) bond motifs is 1. The zero-order valence-electron chi connectivity index (χ0n) is 17.9. The maximum atomic E-state index is 6.27. The molecule has 0 radical (unpaired) electrons. The second kappa shape index (κ2) is 9.29. The Hall–Kier alpha value is -2.22. The molecule has 0 aliphatic carbocycles. The molecule has 30 heavy (non-hydrogen) atoms. The normalized spacial score (nSPS) is 26.9. The van der Waals surface area contributed by atoms with Crippen molar-refractivity contribution in [1.82, 2.24) is 4.57 Å². The summed E-state index contributed by atoms with van der Waals surface area (Å²) in [5.74, 6) is 0. The molecule has 0 bridgehead atoms. The first kappa shape index (κ1) is 21.0. The summed E-state index contributed by atoms with van der Waals surface area (Å²) in [6, 6.07) is 18.8. The van der Waals surface area contributed by atoms with Crippen molar-refractivity contribution in [3.05, 3.63) is 60.8 Å². The molecule has 5 atom stereocenters. The molecule has 6 heteroatoms. The monoisotopic (exact) mass is 411 g/mol. The second-order valence-corrected chi connectivity index (χ2v) is 7.46. The van der Waals surface area contributed by atoms with Crippen LogP contribution in [0.2, 0.25) is 0 Å². The highest BCUT2D eigenvalue weighted by Crippen LogP contribution is 2.33. The van der Waals surface area contributed by atoms with E-state index in [9.17, 15) is 0 Å². The molecule has 2 aromatic carbocycles. The molecule has 1 aromatic heterocycles. The van der Waals surface area contributed by atoms with E-state index < -0.39 is 6.29 Å². The Balaban J connectivity index is 1.71. The van der Waals surface area contributed by atoms with Crippen LogP contribution in [0, 0.1) is 0 Å². The minimum Gasteiger partial charge on any atom is -0.376 e. The topological polar surface area (TPSA) is 51.1 Å². The molecule has 1 fully saturated rings. The van der Waals surface area contributed by atoms with E-state index >= 15 is 0 Å². The number of ether oxygens (including phenoxy) is 5. The molecular weight excluding hydrogens is 382 g/mol. The van der Waals surface area contributed by atoms with E-state index in [-0.39, 0.29) is 24.4 Å². The predicted octanol–water partition coefficient (Wildman–Crippen LogP) is 3.72. The number of hydrogen-bond donors (Lipinski definition) is 0. The van der Waals surface area contributed by atoms with Gasteiger partial charge in [0.25, 0.3) is 0 Å². The van der Waals surface area contributed by atoms with Gasteiger partial charge < -0.3 is 28.3 Å². The molecule has 1 saturated heterocycles. The van der Waals surface area contributed by atoms with E-state index in [1.807, 2.05) is 6.07 Å². The molecule has 4 rings (SSSR count). The van der Waals surface area contributed by atoms with Crippen LogP contribution in [0.25, 0.3) is 22.0 Å². The molecule has 3 unspecified atom stereocenters. The molecule has 6 nitrogen and oxygen atoms in total. The van der Waals surface area contributed by atoms with Gasteiger partial charge in [0.05, 0.1) is 6.54 Å². The Kier molecular flexibility index (Phi) is 6.51. The van der Waals surface area contributed by atoms with Crippen molar-refractivity contribution in [1.29, 1.82) is 0 Å². The lowest BCUT2D eigenvalue weighted by Gasteiger charge is -2.44. The Morgan fingerprint density at radius 3 is 2.10 bits per heavy atom. The van der Waals surface area contributed by atoms with Crippen LogP contribution < -0.4 is 0 Å². The molecular formula is C24H29NO5. The molecule has 1 aliphatic heterocycles. The molecule has 0 N–H and O–H groups in total.